The zero-order chi connectivity index (χ0) is 13.0. The number of rotatable bonds is 4. The van der Waals surface area contributed by atoms with Gasteiger partial charge in [0.2, 0.25) is 11.6 Å². The summed E-state index contributed by atoms with van der Waals surface area (Å²) in [7, 11) is 0. The van der Waals surface area contributed by atoms with Gasteiger partial charge in [-0.1, -0.05) is 70.5 Å². The monoisotopic (exact) mass is 302 g/mol. The van der Waals surface area contributed by atoms with Crippen LogP contribution in [0.5, 0.6) is 0 Å². The van der Waals surface area contributed by atoms with Crippen molar-refractivity contribution in [2.75, 3.05) is 0 Å². The molecule has 0 spiro atoms. The zero-order valence-electron chi connectivity index (χ0n) is 9.60. The number of carbonyl (C=O) groups is 2. The molecule has 0 heterocycles. The maximum absolute atomic E-state index is 12.0. The number of hydrogen-bond acceptors (Lipinski definition) is 2. The summed E-state index contributed by atoms with van der Waals surface area (Å²) < 4.78 is 0. The van der Waals surface area contributed by atoms with Crippen LogP contribution in [-0.2, 0) is 5.33 Å². The summed E-state index contributed by atoms with van der Waals surface area (Å²) in [5, 5.41) is 0.730. The molecule has 2 aromatic carbocycles. The van der Waals surface area contributed by atoms with E-state index in [0.717, 1.165) is 10.9 Å². The maximum Gasteiger partial charge on any atom is 0.233 e. The van der Waals surface area contributed by atoms with Crippen molar-refractivity contribution in [3.05, 3.63) is 71.3 Å². The summed E-state index contributed by atoms with van der Waals surface area (Å²) in [5.41, 5.74) is 1.92. The second kappa shape index (κ2) is 5.74. The number of alkyl halides is 1. The molecule has 0 N–H and O–H groups in total. The van der Waals surface area contributed by atoms with Crippen LogP contribution in [0.15, 0.2) is 54.6 Å². The van der Waals surface area contributed by atoms with E-state index in [1.54, 1.807) is 36.4 Å². The van der Waals surface area contributed by atoms with Gasteiger partial charge < -0.3 is 0 Å². The van der Waals surface area contributed by atoms with Crippen molar-refractivity contribution in [3.8, 4) is 0 Å². The minimum absolute atomic E-state index is 0.423. The van der Waals surface area contributed by atoms with Crippen molar-refractivity contribution in [3.63, 3.8) is 0 Å². The molecule has 0 amide bonds. The highest BCUT2D eigenvalue weighted by Gasteiger charge is 2.17. The van der Waals surface area contributed by atoms with E-state index >= 15 is 0 Å². The van der Waals surface area contributed by atoms with E-state index in [1.165, 1.54) is 0 Å². The van der Waals surface area contributed by atoms with Crippen LogP contribution in [0.25, 0.3) is 0 Å². The summed E-state index contributed by atoms with van der Waals surface area (Å²) in [6.07, 6.45) is 0. The molecule has 2 rings (SSSR count). The molecule has 0 aliphatic rings. The Balaban J connectivity index is 2.23. The Morgan fingerprint density at radius 2 is 1.28 bits per heavy atom. The number of benzene rings is 2. The molecular weight excluding hydrogens is 292 g/mol. The van der Waals surface area contributed by atoms with Gasteiger partial charge in [-0.2, -0.15) is 0 Å². The van der Waals surface area contributed by atoms with E-state index in [-0.39, 0.29) is 0 Å². The Morgan fingerprint density at radius 1 is 0.778 bits per heavy atom. The van der Waals surface area contributed by atoms with Crippen molar-refractivity contribution in [1.82, 2.24) is 0 Å². The van der Waals surface area contributed by atoms with Gasteiger partial charge in [0, 0.05) is 16.5 Å². The average Bonchev–Trinajstić information content (AvgIpc) is 2.47. The third-order valence-electron chi connectivity index (χ3n) is 2.61. The standard InChI is InChI=1S/C15H11BrO2/c16-10-11-6-8-13(9-7-11)15(18)14(17)12-4-2-1-3-5-12/h1-9H,10H2. The van der Waals surface area contributed by atoms with Crippen LogP contribution in [-0.4, -0.2) is 11.6 Å². The van der Waals surface area contributed by atoms with Gasteiger partial charge in [-0.05, 0) is 5.56 Å². The Morgan fingerprint density at radius 3 is 1.78 bits per heavy atom. The molecule has 0 aliphatic carbocycles. The van der Waals surface area contributed by atoms with E-state index in [4.69, 9.17) is 0 Å². The van der Waals surface area contributed by atoms with E-state index in [0.29, 0.717) is 11.1 Å². The van der Waals surface area contributed by atoms with Crippen LogP contribution >= 0.6 is 15.9 Å². The lowest BCUT2D eigenvalue weighted by molar-refractivity contribution is 0.0817. The summed E-state index contributed by atoms with van der Waals surface area (Å²) in [6.45, 7) is 0. The van der Waals surface area contributed by atoms with Crippen molar-refractivity contribution in [1.29, 1.82) is 0 Å². The first-order valence-electron chi connectivity index (χ1n) is 5.51. The number of Topliss-reactive ketones (excluding diaryl/α,β-unsaturated/α-hetero) is 2. The second-order valence-corrected chi connectivity index (χ2v) is 4.42. The third-order valence-corrected chi connectivity index (χ3v) is 3.26. The molecule has 0 aromatic heterocycles. The van der Waals surface area contributed by atoms with Gasteiger partial charge in [-0.3, -0.25) is 9.59 Å². The van der Waals surface area contributed by atoms with Gasteiger partial charge in [0.1, 0.15) is 0 Å². The number of halogens is 1. The lowest BCUT2D eigenvalue weighted by Crippen LogP contribution is -2.14. The molecule has 3 heteroatoms. The molecule has 0 bridgehead atoms. The van der Waals surface area contributed by atoms with Crippen molar-refractivity contribution < 1.29 is 9.59 Å². The minimum Gasteiger partial charge on any atom is -0.285 e. The van der Waals surface area contributed by atoms with Gasteiger partial charge >= 0.3 is 0 Å². The van der Waals surface area contributed by atoms with Crippen LogP contribution in [0.1, 0.15) is 26.3 Å². The quantitative estimate of drug-likeness (QED) is 0.491. The van der Waals surface area contributed by atoms with E-state index in [2.05, 4.69) is 15.9 Å². The summed E-state index contributed by atoms with van der Waals surface area (Å²) in [6, 6.07) is 15.6. The number of ketones is 2. The fraction of sp³-hybridized carbons (Fsp3) is 0.0667. The SMILES string of the molecule is O=C(C(=O)c1ccc(CBr)cc1)c1ccccc1. The lowest BCUT2D eigenvalue weighted by Gasteiger charge is -2.01. The van der Waals surface area contributed by atoms with Crippen LogP contribution in [0.3, 0.4) is 0 Å². The van der Waals surface area contributed by atoms with E-state index in [9.17, 15) is 9.59 Å². The van der Waals surface area contributed by atoms with Crippen molar-refractivity contribution in [2.24, 2.45) is 0 Å². The zero-order valence-corrected chi connectivity index (χ0v) is 11.2. The van der Waals surface area contributed by atoms with E-state index < -0.39 is 11.6 Å². The maximum atomic E-state index is 12.0. The van der Waals surface area contributed by atoms with Gasteiger partial charge in [-0.15, -0.1) is 0 Å². The van der Waals surface area contributed by atoms with Crippen molar-refractivity contribution in [2.45, 2.75) is 5.33 Å². The molecule has 0 fully saturated rings. The first-order valence-corrected chi connectivity index (χ1v) is 6.63. The van der Waals surface area contributed by atoms with Gasteiger partial charge in [0.15, 0.2) is 0 Å². The smallest absolute Gasteiger partial charge is 0.233 e. The molecular formula is C15H11BrO2. The Labute approximate surface area is 114 Å². The summed E-state index contributed by atoms with van der Waals surface area (Å²) in [4.78, 5) is 23.9. The summed E-state index contributed by atoms with van der Waals surface area (Å²) >= 11 is 3.33. The Kier molecular flexibility index (Phi) is 4.05. The number of carbonyl (C=O) groups excluding carboxylic acids is 2. The first-order chi connectivity index (χ1) is 8.72. The van der Waals surface area contributed by atoms with E-state index in [1.807, 2.05) is 18.2 Å². The molecule has 0 saturated carbocycles. The van der Waals surface area contributed by atoms with Gasteiger partial charge in [-0.25, -0.2) is 0 Å². The lowest BCUT2D eigenvalue weighted by atomic mass is 10.0. The molecule has 18 heavy (non-hydrogen) atoms. The number of hydrogen-bond donors (Lipinski definition) is 0. The molecule has 0 unspecified atom stereocenters. The fourth-order valence-electron chi connectivity index (χ4n) is 1.60. The first kappa shape index (κ1) is 12.7. The molecule has 0 radical (unpaired) electrons. The van der Waals surface area contributed by atoms with Gasteiger partial charge in [0.25, 0.3) is 0 Å². The predicted molar refractivity (Wildman–Crippen MR) is 74.2 cm³/mol. The minimum atomic E-state index is -0.470. The van der Waals surface area contributed by atoms with Gasteiger partial charge in [0.05, 0.1) is 0 Å². The molecule has 0 saturated heterocycles. The normalized spacial score (nSPS) is 10.1. The fourth-order valence-corrected chi connectivity index (χ4v) is 1.97. The van der Waals surface area contributed by atoms with Crippen LogP contribution in [0.2, 0.25) is 0 Å². The average molecular weight is 303 g/mol. The van der Waals surface area contributed by atoms with Crippen LogP contribution < -0.4 is 0 Å². The second-order valence-electron chi connectivity index (χ2n) is 3.85. The predicted octanol–water partition coefficient (Wildman–Crippen LogP) is 3.65. The highest BCUT2D eigenvalue weighted by atomic mass is 79.9. The Bertz CT molecular complexity index is 559. The largest absolute Gasteiger partial charge is 0.285 e. The van der Waals surface area contributed by atoms with Crippen molar-refractivity contribution >= 4 is 27.5 Å². The highest BCUT2D eigenvalue weighted by molar-refractivity contribution is 9.08. The highest BCUT2D eigenvalue weighted by Crippen LogP contribution is 2.11. The molecule has 90 valence electrons. The molecule has 2 aromatic rings. The molecule has 0 atom stereocenters. The van der Waals surface area contributed by atoms with Crippen LogP contribution in [0.4, 0.5) is 0 Å². The Hall–Kier alpha value is -1.74. The van der Waals surface area contributed by atoms with Crippen LogP contribution in [0, 0.1) is 0 Å². The topological polar surface area (TPSA) is 34.1 Å². The molecule has 2 nitrogen and oxygen atoms in total. The molecule has 0 aliphatic heterocycles. The third kappa shape index (κ3) is 2.74. The summed E-state index contributed by atoms with van der Waals surface area (Å²) in [5.74, 6) is -0.940.